The van der Waals surface area contributed by atoms with Crippen LogP contribution in [0.15, 0.2) is 40.3 Å². The van der Waals surface area contributed by atoms with Gasteiger partial charge in [-0.3, -0.25) is 0 Å². The highest BCUT2D eigenvalue weighted by atomic mass is 32.2. The van der Waals surface area contributed by atoms with Gasteiger partial charge >= 0.3 is 0 Å². The topological polar surface area (TPSA) is 65.5 Å². The summed E-state index contributed by atoms with van der Waals surface area (Å²) >= 11 is 1.26. The van der Waals surface area contributed by atoms with Gasteiger partial charge in [0.25, 0.3) is 0 Å². The summed E-state index contributed by atoms with van der Waals surface area (Å²) in [5.41, 5.74) is 1.94. The molecule has 0 saturated heterocycles. The van der Waals surface area contributed by atoms with Crippen LogP contribution in [0, 0.1) is 5.41 Å². The molecule has 2 saturated carbocycles. The molecule has 9 heteroatoms. The van der Waals surface area contributed by atoms with Crippen molar-refractivity contribution in [3.8, 4) is 0 Å². The molecule has 1 spiro atoms. The highest BCUT2D eigenvalue weighted by Gasteiger charge is 2.61. The molecule has 0 radical (unpaired) electrons. The van der Waals surface area contributed by atoms with E-state index < -0.39 is 26.5 Å². The molecule has 0 unspecified atom stereocenters. The minimum absolute atomic E-state index is 0.0330. The zero-order chi connectivity index (χ0) is 28.4. The minimum Gasteiger partial charge on any atom is -0.413 e. The summed E-state index contributed by atoms with van der Waals surface area (Å²) in [4.78, 5) is 4.43. The molecule has 4 rings (SSSR count). The zero-order valence-electron chi connectivity index (χ0n) is 25.0. The lowest BCUT2D eigenvalue weighted by Gasteiger charge is -2.49. The van der Waals surface area contributed by atoms with E-state index in [0.717, 1.165) is 41.5 Å². The van der Waals surface area contributed by atoms with Crippen LogP contribution in [0.3, 0.4) is 0 Å². The molecule has 0 amide bonds. The Bertz CT molecular complexity index is 1240. The van der Waals surface area contributed by atoms with Gasteiger partial charge in [0.2, 0.25) is 14.2 Å². The van der Waals surface area contributed by atoms with E-state index in [1.807, 2.05) is 30.3 Å². The Morgan fingerprint density at radius 1 is 0.947 bits per heavy atom. The van der Waals surface area contributed by atoms with Crippen molar-refractivity contribution in [3.05, 3.63) is 35.9 Å². The van der Waals surface area contributed by atoms with Crippen LogP contribution in [0.25, 0.3) is 10.2 Å². The summed E-state index contributed by atoms with van der Waals surface area (Å²) in [6, 6.07) is 7.60. The normalized spacial score (nSPS) is 22.7. The number of fused-ring (bicyclic) bond motifs is 1. The molecule has 2 aliphatic rings. The molecule has 0 bridgehead atoms. The van der Waals surface area contributed by atoms with Gasteiger partial charge in [-0.25, -0.2) is 13.4 Å². The van der Waals surface area contributed by atoms with Gasteiger partial charge in [-0.05, 0) is 74.1 Å². The van der Waals surface area contributed by atoms with Gasteiger partial charge in [0.15, 0.2) is 16.6 Å². The van der Waals surface area contributed by atoms with E-state index in [0.29, 0.717) is 0 Å². The van der Waals surface area contributed by atoms with E-state index >= 15 is 0 Å². The molecule has 2 aliphatic carbocycles. The quantitative estimate of drug-likeness (QED) is 0.238. The molecule has 2 atom stereocenters. The van der Waals surface area contributed by atoms with Gasteiger partial charge in [0.1, 0.15) is 0 Å². The van der Waals surface area contributed by atoms with E-state index in [-0.39, 0.29) is 37.8 Å². The van der Waals surface area contributed by atoms with Crippen LogP contribution in [-0.2, 0) is 18.7 Å². The summed E-state index contributed by atoms with van der Waals surface area (Å²) in [6.07, 6.45) is 5.93. The fourth-order valence-corrected chi connectivity index (χ4v) is 10.1. The van der Waals surface area contributed by atoms with E-state index in [1.54, 1.807) is 0 Å². The van der Waals surface area contributed by atoms with Crippen molar-refractivity contribution in [1.82, 2.24) is 4.98 Å². The highest BCUT2D eigenvalue weighted by molar-refractivity contribution is 7.93. The summed E-state index contributed by atoms with van der Waals surface area (Å²) in [5.74, 6) is -0.0330. The monoisotopic (exact) mass is 593 g/mol. The Morgan fingerprint density at radius 3 is 1.89 bits per heavy atom. The molecule has 1 aromatic carbocycles. The maximum absolute atomic E-state index is 13.3. The first-order valence-corrected chi connectivity index (χ1v) is 22.2. The van der Waals surface area contributed by atoms with E-state index in [1.165, 1.54) is 11.3 Å². The number of sulfone groups is 1. The standard InChI is InChI=1S/C29H47NO4S2Si2/c1-27(2,3)37(7,8)33-24-19-21(20-25(29(24)16-17-29)34-38(9,10)28(4,5)6)15-18-36(31,32)26-30-22-13-11-12-14-23(22)35-26/h11-15,24-25H,16-20H2,1-10H3/t24-,25-/m1/s1. The fourth-order valence-electron chi connectivity index (χ4n) is 4.79. The molecule has 2 aromatic rings. The van der Waals surface area contributed by atoms with Crippen molar-refractivity contribution in [3.63, 3.8) is 0 Å². The van der Waals surface area contributed by atoms with Crippen LogP contribution < -0.4 is 0 Å². The lowest BCUT2D eigenvalue weighted by atomic mass is 9.78. The van der Waals surface area contributed by atoms with Crippen LogP contribution in [0.1, 0.15) is 67.2 Å². The van der Waals surface area contributed by atoms with Crippen LogP contribution >= 0.6 is 11.3 Å². The molecule has 5 nitrogen and oxygen atoms in total. The van der Waals surface area contributed by atoms with E-state index in [2.05, 4.69) is 72.7 Å². The lowest BCUT2D eigenvalue weighted by Crippen LogP contribution is -2.54. The molecule has 212 valence electrons. The van der Waals surface area contributed by atoms with Crippen molar-refractivity contribution in [2.75, 3.05) is 5.75 Å². The Hall–Kier alpha value is -0.846. The first kappa shape index (κ1) is 30.1. The number of aromatic nitrogens is 1. The highest BCUT2D eigenvalue weighted by Crippen LogP contribution is 2.61. The van der Waals surface area contributed by atoms with E-state index in [4.69, 9.17) is 8.85 Å². The second-order valence-electron chi connectivity index (χ2n) is 14.5. The molecule has 1 heterocycles. The van der Waals surface area contributed by atoms with Crippen LogP contribution in [0.5, 0.6) is 0 Å². The average Bonchev–Trinajstić information content (AvgIpc) is 3.44. The number of nitrogens with zero attached hydrogens (tertiary/aromatic N) is 1. The third-order valence-corrected chi connectivity index (χ3v) is 21.7. The second kappa shape index (κ2) is 9.91. The third-order valence-electron chi connectivity index (χ3n) is 9.62. The molecular weight excluding hydrogens is 547 g/mol. The number of hydrogen-bond donors (Lipinski definition) is 0. The fraction of sp³-hybridized carbons (Fsp3) is 0.690. The average molecular weight is 594 g/mol. The summed E-state index contributed by atoms with van der Waals surface area (Å²) in [7, 11) is -7.57. The molecule has 2 fully saturated rings. The van der Waals surface area contributed by atoms with Crippen molar-refractivity contribution >= 4 is 48.0 Å². The van der Waals surface area contributed by atoms with Crippen LogP contribution in [-0.4, -0.2) is 48.0 Å². The van der Waals surface area contributed by atoms with Gasteiger partial charge in [-0.15, -0.1) is 11.3 Å². The smallest absolute Gasteiger partial charge is 0.210 e. The van der Waals surface area contributed by atoms with Crippen LogP contribution in [0.4, 0.5) is 0 Å². The Balaban J connectivity index is 1.64. The van der Waals surface area contributed by atoms with Crippen molar-refractivity contribution in [1.29, 1.82) is 0 Å². The van der Waals surface area contributed by atoms with E-state index in [9.17, 15) is 8.42 Å². The Kier molecular flexibility index (Phi) is 7.85. The maximum Gasteiger partial charge on any atom is 0.210 e. The second-order valence-corrected chi connectivity index (χ2v) is 27.2. The first-order valence-electron chi connectivity index (χ1n) is 13.9. The number of para-hydroxylation sites is 1. The van der Waals surface area contributed by atoms with Gasteiger partial charge in [0, 0.05) is 5.41 Å². The summed E-state index contributed by atoms with van der Waals surface area (Å²) in [6.45, 7) is 23.0. The molecule has 0 aliphatic heterocycles. The predicted molar refractivity (Wildman–Crippen MR) is 165 cm³/mol. The number of thiazole rings is 1. The Morgan fingerprint density at radius 2 is 1.45 bits per heavy atom. The zero-order valence-corrected chi connectivity index (χ0v) is 28.6. The maximum atomic E-state index is 13.3. The lowest BCUT2D eigenvalue weighted by molar-refractivity contribution is -0.00945. The summed E-state index contributed by atoms with van der Waals surface area (Å²) in [5, 5.41) is 0.215. The van der Waals surface area contributed by atoms with Gasteiger partial charge in [0.05, 0.1) is 28.2 Å². The third kappa shape index (κ3) is 5.93. The molecule has 1 aromatic heterocycles. The van der Waals surface area contributed by atoms with Crippen molar-refractivity contribution in [2.45, 2.75) is 120 Å². The first-order chi connectivity index (χ1) is 17.3. The molecule has 0 N–H and O–H groups in total. The van der Waals surface area contributed by atoms with Gasteiger partial charge in [-0.1, -0.05) is 65.3 Å². The van der Waals surface area contributed by atoms with Gasteiger partial charge in [-0.2, -0.15) is 0 Å². The largest absolute Gasteiger partial charge is 0.413 e. The minimum atomic E-state index is -3.52. The van der Waals surface area contributed by atoms with Gasteiger partial charge < -0.3 is 8.85 Å². The van der Waals surface area contributed by atoms with Crippen molar-refractivity contribution < 1.29 is 17.3 Å². The molecule has 38 heavy (non-hydrogen) atoms. The van der Waals surface area contributed by atoms with Crippen molar-refractivity contribution in [2.24, 2.45) is 5.41 Å². The predicted octanol–water partition coefficient (Wildman–Crippen LogP) is 8.35. The SMILES string of the molecule is CC(C)(C)[Si](C)(C)O[C@@H]1CC(=CCS(=O)(=O)c2nc3ccccc3s2)C[C@@H](O[Si](C)(C)C(C)(C)C)C12CC2. The number of rotatable bonds is 7. The number of benzene rings is 1. The number of hydrogen-bond acceptors (Lipinski definition) is 6. The van der Waals surface area contributed by atoms with Crippen LogP contribution in [0.2, 0.25) is 36.3 Å². The Labute approximate surface area is 236 Å². The summed E-state index contributed by atoms with van der Waals surface area (Å²) < 4.78 is 42.0. The molecular formula is C29H47NO4S2Si2.